The number of thioether (sulfide) groups is 1. The molecular weight excluding hydrogens is 406 g/mol. The number of benzene rings is 3. The van der Waals surface area contributed by atoms with Crippen LogP contribution in [0.3, 0.4) is 0 Å². The Morgan fingerprint density at radius 1 is 1.10 bits per heavy atom. The van der Waals surface area contributed by atoms with Gasteiger partial charge in [-0.15, -0.1) is 0 Å². The lowest BCUT2D eigenvalue weighted by Crippen LogP contribution is -2.19. The Balaban J connectivity index is 1.26. The number of carbonyl (C=O) groups is 1. The lowest BCUT2D eigenvalue weighted by molar-refractivity contribution is -0.118. The van der Waals surface area contributed by atoms with E-state index in [2.05, 4.69) is 68.4 Å². The summed E-state index contributed by atoms with van der Waals surface area (Å²) in [5.74, 6) is 0.0607. The first-order valence-corrected chi connectivity index (χ1v) is 11.1. The molecule has 31 heavy (non-hydrogen) atoms. The minimum atomic E-state index is -0.176. The van der Waals surface area contributed by atoms with Crippen molar-refractivity contribution >= 4 is 56.7 Å². The van der Waals surface area contributed by atoms with E-state index in [1.165, 1.54) is 33.6 Å². The molecule has 0 aliphatic rings. The van der Waals surface area contributed by atoms with E-state index >= 15 is 0 Å². The molecule has 5 aromatic rings. The van der Waals surface area contributed by atoms with Gasteiger partial charge >= 0.3 is 0 Å². The van der Waals surface area contributed by atoms with Crippen molar-refractivity contribution in [3.63, 3.8) is 0 Å². The van der Waals surface area contributed by atoms with Crippen molar-refractivity contribution in [1.82, 2.24) is 20.0 Å². The molecule has 0 aliphatic carbocycles. The maximum Gasteiger partial charge on any atom is 0.250 e. The van der Waals surface area contributed by atoms with E-state index in [1.807, 2.05) is 30.3 Å². The number of fused-ring (bicyclic) bond motifs is 4. The van der Waals surface area contributed by atoms with E-state index in [0.29, 0.717) is 0 Å². The Morgan fingerprint density at radius 2 is 1.90 bits per heavy atom. The van der Waals surface area contributed by atoms with E-state index in [-0.39, 0.29) is 11.7 Å². The molecular formula is C24H21N5OS. The fraction of sp³-hybridized carbons (Fsp3) is 0.125. The number of rotatable bonds is 6. The van der Waals surface area contributed by atoms with Gasteiger partial charge < -0.3 is 9.55 Å². The molecule has 2 N–H and O–H groups in total. The average Bonchev–Trinajstić information content (AvgIpc) is 3.36. The third-order valence-electron chi connectivity index (χ3n) is 5.22. The Morgan fingerprint density at radius 3 is 2.77 bits per heavy atom. The van der Waals surface area contributed by atoms with Gasteiger partial charge in [0.1, 0.15) is 0 Å². The zero-order valence-electron chi connectivity index (χ0n) is 17.0. The molecule has 0 saturated carbocycles. The standard InChI is InChI=1S/C24H21N5OS/c1-2-29-21-10-6-3-7-17(21)18-13-16(11-12-22(18)29)14-25-28-23(30)15-31-24-26-19-8-4-5-9-20(19)27-24/h3-14H,2,15H2,1H3,(H,26,27)(H,28,30). The fourth-order valence-electron chi connectivity index (χ4n) is 3.84. The number of aryl methyl sites for hydroxylation is 1. The Kier molecular flexibility index (Phi) is 5.18. The highest BCUT2D eigenvalue weighted by atomic mass is 32.2. The molecule has 2 heterocycles. The summed E-state index contributed by atoms with van der Waals surface area (Å²) in [6, 6.07) is 22.4. The fourth-order valence-corrected chi connectivity index (χ4v) is 4.51. The number of aromatic nitrogens is 3. The minimum absolute atomic E-state index is 0.176. The number of nitrogens with one attached hydrogen (secondary N) is 2. The SMILES string of the molecule is CCn1c2ccccc2c2cc(C=NNC(=O)CSc3nc4ccccc4[nH]3)ccc21. The number of amides is 1. The first-order chi connectivity index (χ1) is 15.2. The number of hydrogen-bond acceptors (Lipinski definition) is 4. The van der Waals surface area contributed by atoms with E-state index in [0.717, 1.165) is 28.3 Å². The summed E-state index contributed by atoms with van der Waals surface area (Å²) >= 11 is 1.35. The number of nitrogens with zero attached hydrogens (tertiary/aromatic N) is 3. The molecule has 2 aromatic heterocycles. The predicted molar refractivity (Wildman–Crippen MR) is 128 cm³/mol. The molecule has 0 unspecified atom stereocenters. The summed E-state index contributed by atoms with van der Waals surface area (Å²) < 4.78 is 2.31. The highest BCUT2D eigenvalue weighted by molar-refractivity contribution is 7.99. The number of H-pyrrole nitrogens is 1. The third-order valence-corrected chi connectivity index (χ3v) is 6.10. The molecule has 154 valence electrons. The van der Waals surface area contributed by atoms with Crippen LogP contribution in [0.5, 0.6) is 0 Å². The molecule has 0 spiro atoms. The Bertz CT molecular complexity index is 1400. The topological polar surface area (TPSA) is 75.1 Å². The summed E-state index contributed by atoms with van der Waals surface area (Å²) in [5.41, 5.74) is 7.82. The largest absolute Gasteiger partial charge is 0.341 e. The summed E-state index contributed by atoms with van der Waals surface area (Å²) in [6.07, 6.45) is 1.68. The van der Waals surface area contributed by atoms with Gasteiger partial charge in [-0.1, -0.05) is 48.2 Å². The molecule has 6 nitrogen and oxygen atoms in total. The molecule has 0 atom stereocenters. The van der Waals surface area contributed by atoms with Crippen LogP contribution in [0.2, 0.25) is 0 Å². The van der Waals surface area contributed by atoms with Gasteiger partial charge in [0.05, 0.1) is 23.0 Å². The first-order valence-electron chi connectivity index (χ1n) is 10.1. The van der Waals surface area contributed by atoms with Crippen LogP contribution >= 0.6 is 11.8 Å². The predicted octanol–water partition coefficient (Wildman–Crippen LogP) is 4.93. The second kappa shape index (κ2) is 8.28. The molecule has 0 radical (unpaired) electrons. The van der Waals surface area contributed by atoms with Gasteiger partial charge in [0.25, 0.3) is 5.91 Å². The summed E-state index contributed by atoms with van der Waals surface area (Å²) in [6.45, 7) is 3.07. The molecule has 1 amide bonds. The van der Waals surface area contributed by atoms with Gasteiger partial charge in [0.2, 0.25) is 0 Å². The van der Waals surface area contributed by atoms with Crippen LogP contribution in [0.4, 0.5) is 0 Å². The van der Waals surface area contributed by atoms with Crippen LogP contribution in [0.15, 0.2) is 77.0 Å². The van der Waals surface area contributed by atoms with Crippen LogP contribution in [-0.4, -0.2) is 32.4 Å². The number of imidazole rings is 1. The van der Waals surface area contributed by atoms with Crippen molar-refractivity contribution in [1.29, 1.82) is 0 Å². The van der Waals surface area contributed by atoms with Crippen molar-refractivity contribution in [3.05, 3.63) is 72.3 Å². The van der Waals surface area contributed by atoms with Crippen molar-refractivity contribution in [3.8, 4) is 0 Å². The third kappa shape index (κ3) is 3.80. The second-order valence-electron chi connectivity index (χ2n) is 7.18. The van der Waals surface area contributed by atoms with E-state index < -0.39 is 0 Å². The number of hydrazone groups is 1. The molecule has 5 rings (SSSR count). The van der Waals surface area contributed by atoms with Gasteiger partial charge in [0.15, 0.2) is 5.16 Å². The van der Waals surface area contributed by atoms with Crippen LogP contribution in [0, 0.1) is 0 Å². The maximum absolute atomic E-state index is 12.2. The van der Waals surface area contributed by atoms with Crippen molar-refractivity contribution in [2.45, 2.75) is 18.6 Å². The molecule has 0 fully saturated rings. The minimum Gasteiger partial charge on any atom is -0.341 e. The zero-order valence-corrected chi connectivity index (χ0v) is 17.8. The monoisotopic (exact) mass is 427 g/mol. The summed E-state index contributed by atoms with van der Waals surface area (Å²) in [4.78, 5) is 19.8. The number of para-hydroxylation sites is 3. The van der Waals surface area contributed by atoms with E-state index in [4.69, 9.17) is 0 Å². The molecule has 0 aliphatic heterocycles. The number of aromatic amines is 1. The quantitative estimate of drug-likeness (QED) is 0.229. The number of carbonyl (C=O) groups excluding carboxylic acids is 1. The first kappa shape index (κ1) is 19.4. The molecule has 0 bridgehead atoms. The van der Waals surface area contributed by atoms with Gasteiger partial charge in [-0.25, -0.2) is 10.4 Å². The summed E-state index contributed by atoms with van der Waals surface area (Å²) in [7, 11) is 0. The lowest BCUT2D eigenvalue weighted by atomic mass is 10.1. The van der Waals surface area contributed by atoms with E-state index in [9.17, 15) is 4.79 Å². The van der Waals surface area contributed by atoms with Crippen LogP contribution in [0.25, 0.3) is 32.8 Å². The van der Waals surface area contributed by atoms with Gasteiger partial charge in [0, 0.05) is 28.4 Å². The van der Waals surface area contributed by atoms with Gasteiger partial charge in [-0.3, -0.25) is 4.79 Å². The zero-order chi connectivity index (χ0) is 21.2. The average molecular weight is 428 g/mol. The Hall–Kier alpha value is -3.58. The van der Waals surface area contributed by atoms with Crippen LogP contribution < -0.4 is 5.43 Å². The normalized spacial score (nSPS) is 11.8. The smallest absolute Gasteiger partial charge is 0.250 e. The van der Waals surface area contributed by atoms with Crippen LogP contribution in [-0.2, 0) is 11.3 Å². The van der Waals surface area contributed by atoms with Gasteiger partial charge in [-0.2, -0.15) is 5.10 Å². The highest BCUT2D eigenvalue weighted by Crippen LogP contribution is 2.29. The van der Waals surface area contributed by atoms with Crippen LogP contribution in [0.1, 0.15) is 12.5 Å². The van der Waals surface area contributed by atoms with Crippen molar-refractivity contribution < 1.29 is 4.79 Å². The summed E-state index contributed by atoms with van der Waals surface area (Å²) in [5, 5.41) is 7.27. The van der Waals surface area contributed by atoms with Gasteiger partial charge in [-0.05, 0) is 42.8 Å². The highest BCUT2D eigenvalue weighted by Gasteiger charge is 2.09. The molecule has 7 heteroatoms. The lowest BCUT2D eigenvalue weighted by Gasteiger charge is -2.02. The van der Waals surface area contributed by atoms with Crippen molar-refractivity contribution in [2.75, 3.05) is 5.75 Å². The number of hydrogen-bond donors (Lipinski definition) is 2. The van der Waals surface area contributed by atoms with Crippen molar-refractivity contribution in [2.24, 2.45) is 5.10 Å². The Labute approximate surface area is 183 Å². The molecule has 3 aromatic carbocycles. The maximum atomic E-state index is 12.2. The van der Waals surface area contributed by atoms with E-state index in [1.54, 1.807) is 6.21 Å². The second-order valence-corrected chi connectivity index (χ2v) is 8.14. The molecule has 0 saturated heterocycles.